The molecule has 0 aromatic rings. The molecule has 0 rings (SSSR count). The molecule has 0 bridgehead atoms. The third-order valence-electron chi connectivity index (χ3n) is 0.653. The van der Waals surface area contributed by atoms with Crippen LogP contribution in [0.25, 0.3) is 0 Å². The van der Waals surface area contributed by atoms with Crippen LogP contribution in [0.5, 0.6) is 0 Å². The normalized spacial score (nSPS) is 15.9. The first-order chi connectivity index (χ1) is 4.95. The lowest BCUT2D eigenvalue weighted by Gasteiger charge is -1.93. The van der Waals surface area contributed by atoms with Gasteiger partial charge in [0.1, 0.15) is 0 Å². The van der Waals surface area contributed by atoms with Crippen LogP contribution in [-0.4, -0.2) is 24.7 Å². The van der Waals surface area contributed by atoms with Crippen molar-refractivity contribution < 1.29 is 18.8 Å². The van der Waals surface area contributed by atoms with E-state index in [-0.39, 0.29) is 19.4 Å². The smallest absolute Gasteiger partial charge is 0.305 e. The zero-order valence-corrected chi connectivity index (χ0v) is 4.39. The molecule has 8 heavy (non-hydrogen) atoms. The van der Waals surface area contributed by atoms with E-state index in [9.17, 15) is 4.79 Å². The molecule has 0 saturated carbocycles. The number of hydrogen-bond donors (Lipinski definition) is 1. The maximum Gasteiger partial charge on any atom is 0.305 e. The van der Waals surface area contributed by atoms with Crippen LogP contribution in [0.3, 0.4) is 0 Å². The van der Waals surface area contributed by atoms with Gasteiger partial charge in [0.2, 0.25) is 0 Å². The molecular weight excluding hydrogens is 108 g/mol. The average molecular weight is 121 g/mol. The van der Waals surface area contributed by atoms with Gasteiger partial charge in [0.15, 0.2) is 0 Å². The molecule has 3 heteroatoms. The van der Waals surface area contributed by atoms with Crippen molar-refractivity contribution in [3.8, 4) is 0 Å². The average Bonchev–Trinajstić information content (AvgIpc) is 1.79. The lowest BCUT2D eigenvalue weighted by atomic mass is 10.3. The van der Waals surface area contributed by atoms with Crippen LogP contribution in [0.4, 0.5) is 0 Å². The molecule has 0 heterocycles. The molecule has 48 valence electrons. The van der Waals surface area contributed by atoms with Gasteiger partial charge in [-0.3, -0.25) is 4.79 Å². The standard InChI is InChI=1S/C5H10O3/c1-8-5(7)3-2-4-6/h6H,2-4H2,1H3/i1D3. The van der Waals surface area contributed by atoms with E-state index in [1.165, 1.54) is 0 Å². The van der Waals surface area contributed by atoms with Crippen molar-refractivity contribution in [3.63, 3.8) is 0 Å². The van der Waals surface area contributed by atoms with Crippen LogP contribution in [0.1, 0.15) is 17.0 Å². The van der Waals surface area contributed by atoms with E-state index < -0.39 is 13.0 Å². The van der Waals surface area contributed by atoms with Crippen molar-refractivity contribution >= 4 is 5.97 Å². The number of carbonyl (C=O) groups excluding carboxylic acids is 1. The summed E-state index contributed by atoms with van der Waals surface area (Å²) in [5.74, 6) is -0.806. The Balaban J connectivity index is 3.53. The second-order valence-corrected chi connectivity index (χ2v) is 1.30. The van der Waals surface area contributed by atoms with E-state index >= 15 is 0 Å². The first-order valence-corrected chi connectivity index (χ1v) is 2.28. The minimum Gasteiger partial charge on any atom is -0.469 e. The van der Waals surface area contributed by atoms with Crippen molar-refractivity contribution in [2.75, 3.05) is 13.6 Å². The number of aliphatic hydroxyl groups is 1. The fraction of sp³-hybridized carbons (Fsp3) is 0.800. The SMILES string of the molecule is [2H]C([2H])([2H])OC(=O)CCCO. The van der Waals surface area contributed by atoms with E-state index in [1.807, 2.05) is 0 Å². The predicted octanol–water partition coefficient (Wildman–Crippen LogP) is -0.0681. The second kappa shape index (κ2) is 4.59. The number of hydrogen-bond acceptors (Lipinski definition) is 3. The third-order valence-corrected chi connectivity index (χ3v) is 0.653. The maximum absolute atomic E-state index is 10.5. The van der Waals surface area contributed by atoms with Gasteiger partial charge < -0.3 is 9.84 Å². The Bertz CT molecular complexity index is 131. The van der Waals surface area contributed by atoms with Crippen molar-refractivity contribution in [2.24, 2.45) is 0 Å². The van der Waals surface area contributed by atoms with Gasteiger partial charge in [-0.25, -0.2) is 0 Å². The largest absolute Gasteiger partial charge is 0.469 e. The molecule has 0 fully saturated rings. The van der Waals surface area contributed by atoms with Crippen molar-refractivity contribution in [2.45, 2.75) is 12.8 Å². The molecule has 0 aliphatic heterocycles. The Morgan fingerprint density at radius 1 is 2.00 bits per heavy atom. The third kappa shape index (κ3) is 3.61. The molecule has 3 nitrogen and oxygen atoms in total. The van der Waals surface area contributed by atoms with E-state index in [1.54, 1.807) is 0 Å². The highest BCUT2D eigenvalue weighted by Gasteiger charge is 1.95. The summed E-state index contributed by atoms with van der Waals surface area (Å²) in [6, 6.07) is 0. The molecular formula is C5H10O3. The molecule has 0 aliphatic carbocycles. The summed E-state index contributed by atoms with van der Waals surface area (Å²) in [5, 5.41) is 8.27. The van der Waals surface area contributed by atoms with E-state index in [0.29, 0.717) is 0 Å². The number of rotatable bonds is 3. The Morgan fingerprint density at radius 2 is 2.75 bits per heavy atom. The van der Waals surface area contributed by atoms with Gasteiger partial charge in [0.05, 0.1) is 11.2 Å². The molecule has 0 aliphatic rings. The van der Waals surface area contributed by atoms with Crippen LogP contribution in [0.2, 0.25) is 0 Å². The summed E-state index contributed by atoms with van der Waals surface area (Å²) in [5.41, 5.74) is 0. The highest BCUT2D eigenvalue weighted by molar-refractivity contribution is 5.68. The Morgan fingerprint density at radius 3 is 3.25 bits per heavy atom. The first-order valence-electron chi connectivity index (χ1n) is 3.78. The first kappa shape index (κ1) is 3.45. The number of aliphatic hydroxyl groups excluding tert-OH is 1. The van der Waals surface area contributed by atoms with Crippen LogP contribution in [0, 0.1) is 0 Å². The fourth-order valence-corrected chi connectivity index (χ4v) is 0.274. The molecule has 0 saturated heterocycles. The van der Waals surface area contributed by atoms with Crippen LogP contribution in [0.15, 0.2) is 0 Å². The number of ether oxygens (including phenoxy) is 1. The molecule has 0 atom stereocenters. The van der Waals surface area contributed by atoms with E-state index in [4.69, 9.17) is 9.22 Å². The molecule has 0 amide bonds. The minimum absolute atomic E-state index is 0.0606. The molecule has 0 radical (unpaired) electrons. The highest BCUT2D eigenvalue weighted by Crippen LogP contribution is 1.87. The van der Waals surface area contributed by atoms with Gasteiger partial charge in [-0.15, -0.1) is 0 Å². The molecule has 1 N–H and O–H groups in total. The summed E-state index contributed by atoms with van der Waals surface area (Å²) in [6.45, 7) is -0.143. The Labute approximate surface area is 52.5 Å². The number of carbonyl (C=O) groups is 1. The minimum atomic E-state index is -2.66. The van der Waals surface area contributed by atoms with Gasteiger partial charge in [0, 0.05) is 13.0 Å². The van der Waals surface area contributed by atoms with Crippen LogP contribution < -0.4 is 0 Å². The van der Waals surface area contributed by atoms with Gasteiger partial charge in [-0.1, -0.05) is 0 Å². The van der Waals surface area contributed by atoms with Gasteiger partial charge >= 0.3 is 5.97 Å². The van der Waals surface area contributed by atoms with Crippen molar-refractivity contribution in [1.82, 2.24) is 0 Å². The van der Waals surface area contributed by atoms with Crippen molar-refractivity contribution in [3.05, 3.63) is 0 Å². The van der Waals surface area contributed by atoms with Gasteiger partial charge in [-0.2, -0.15) is 0 Å². The molecule has 0 spiro atoms. The topological polar surface area (TPSA) is 46.5 Å². The fourth-order valence-electron chi connectivity index (χ4n) is 0.274. The zero-order valence-electron chi connectivity index (χ0n) is 7.39. The zero-order chi connectivity index (χ0) is 8.91. The van der Waals surface area contributed by atoms with Gasteiger partial charge in [-0.05, 0) is 6.42 Å². The second-order valence-electron chi connectivity index (χ2n) is 1.30. The summed E-state index contributed by atoms with van der Waals surface area (Å²) >= 11 is 0. The van der Waals surface area contributed by atoms with Crippen molar-refractivity contribution in [1.29, 1.82) is 0 Å². The monoisotopic (exact) mass is 121 g/mol. The lowest BCUT2D eigenvalue weighted by molar-refractivity contribution is -0.140. The molecule has 0 unspecified atom stereocenters. The maximum atomic E-state index is 10.5. The number of esters is 1. The molecule has 0 aromatic carbocycles. The lowest BCUT2D eigenvalue weighted by Crippen LogP contribution is -2.00. The van der Waals surface area contributed by atoms with Crippen LogP contribution >= 0.6 is 0 Å². The summed E-state index contributed by atoms with van der Waals surface area (Å²) < 4.78 is 23.6. The summed E-state index contributed by atoms with van der Waals surface area (Å²) in [6.07, 6.45) is 0.170. The van der Waals surface area contributed by atoms with Gasteiger partial charge in [0.25, 0.3) is 0 Å². The van der Waals surface area contributed by atoms with E-state index in [2.05, 4.69) is 4.74 Å². The Hall–Kier alpha value is -0.570. The molecule has 0 aromatic heterocycles. The van der Waals surface area contributed by atoms with Crippen LogP contribution in [-0.2, 0) is 9.53 Å². The number of methoxy groups -OCH3 is 1. The summed E-state index contributed by atoms with van der Waals surface area (Å²) in [4.78, 5) is 10.5. The Kier molecular flexibility index (Phi) is 1.98. The quantitative estimate of drug-likeness (QED) is 0.532. The highest BCUT2D eigenvalue weighted by atomic mass is 16.5. The summed E-state index contributed by atoms with van der Waals surface area (Å²) in [7, 11) is -2.66. The van der Waals surface area contributed by atoms with E-state index in [0.717, 1.165) is 0 Å². The predicted molar refractivity (Wildman–Crippen MR) is 28.3 cm³/mol.